The van der Waals surface area contributed by atoms with Crippen molar-refractivity contribution in [1.82, 2.24) is 14.3 Å². The number of rotatable bonds is 4. The first-order valence-corrected chi connectivity index (χ1v) is 5.65. The van der Waals surface area contributed by atoms with Gasteiger partial charge in [0, 0.05) is 26.3 Å². The summed E-state index contributed by atoms with van der Waals surface area (Å²) >= 11 is 0. The van der Waals surface area contributed by atoms with Gasteiger partial charge in [-0.05, 0) is 6.92 Å². The number of aryl methyl sites for hydroxylation is 2. The quantitative estimate of drug-likeness (QED) is 0.750. The smallest absolute Gasteiger partial charge is 0.259 e. The van der Waals surface area contributed by atoms with Crippen molar-refractivity contribution in [1.29, 1.82) is 0 Å². The van der Waals surface area contributed by atoms with Crippen LogP contribution >= 0.6 is 12.4 Å². The Hall–Kier alpha value is -0.630. The molecule has 88 valence electrons. The molecule has 1 heterocycles. The highest BCUT2D eigenvalue weighted by molar-refractivity contribution is 7.89. The van der Waals surface area contributed by atoms with Crippen LogP contribution < -0.4 is 10.5 Å². The van der Waals surface area contributed by atoms with Crippen LogP contribution in [0, 0.1) is 6.92 Å². The molecule has 3 N–H and O–H groups in total. The van der Waals surface area contributed by atoms with E-state index in [9.17, 15) is 8.42 Å². The average molecular weight is 255 g/mol. The number of nitrogens with two attached hydrogens (primary N) is 1. The highest BCUT2D eigenvalue weighted by Crippen LogP contribution is 2.06. The molecule has 0 aromatic carbocycles. The Bertz CT molecular complexity index is 395. The van der Waals surface area contributed by atoms with Crippen molar-refractivity contribution in [2.24, 2.45) is 12.8 Å². The van der Waals surface area contributed by atoms with Gasteiger partial charge in [0.1, 0.15) is 5.82 Å². The average Bonchev–Trinajstić information content (AvgIpc) is 2.45. The highest BCUT2D eigenvalue weighted by Gasteiger charge is 2.17. The molecule has 0 aliphatic heterocycles. The van der Waals surface area contributed by atoms with Crippen molar-refractivity contribution in [2.75, 3.05) is 13.1 Å². The Balaban J connectivity index is 0.00000196. The summed E-state index contributed by atoms with van der Waals surface area (Å²) in [6, 6.07) is 0. The zero-order valence-corrected chi connectivity index (χ0v) is 10.2. The van der Waals surface area contributed by atoms with Crippen molar-refractivity contribution in [3.8, 4) is 0 Å². The Morgan fingerprint density at radius 1 is 1.60 bits per heavy atom. The summed E-state index contributed by atoms with van der Waals surface area (Å²) in [7, 11) is -1.75. The van der Waals surface area contributed by atoms with Crippen molar-refractivity contribution in [2.45, 2.75) is 11.9 Å². The van der Waals surface area contributed by atoms with Gasteiger partial charge in [-0.25, -0.2) is 18.1 Å². The Morgan fingerprint density at radius 3 is 2.60 bits per heavy atom. The van der Waals surface area contributed by atoms with E-state index in [2.05, 4.69) is 9.71 Å². The van der Waals surface area contributed by atoms with Gasteiger partial charge in [0.25, 0.3) is 10.0 Å². The van der Waals surface area contributed by atoms with E-state index in [0.717, 1.165) is 0 Å². The maximum atomic E-state index is 11.5. The van der Waals surface area contributed by atoms with Crippen molar-refractivity contribution < 1.29 is 8.42 Å². The molecular weight excluding hydrogens is 240 g/mol. The summed E-state index contributed by atoms with van der Waals surface area (Å²) < 4.78 is 27.0. The van der Waals surface area contributed by atoms with Gasteiger partial charge >= 0.3 is 0 Å². The lowest BCUT2D eigenvalue weighted by atomic mass is 10.7. The summed E-state index contributed by atoms with van der Waals surface area (Å²) in [5.41, 5.74) is 5.20. The normalized spacial score (nSPS) is 11.1. The molecule has 6 nitrogen and oxygen atoms in total. The summed E-state index contributed by atoms with van der Waals surface area (Å²) in [4.78, 5) is 3.91. The van der Waals surface area contributed by atoms with Gasteiger partial charge in [-0.2, -0.15) is 0 Å². The van der Waals surface area contributed by atoms with Crippen LogP contribution in [0.5, 0.6) is 0 Å². The van der Waals surface area contributed by atoms with E-state index >= 15 is 0 Å². The highest BCUT2D eigenvalue weighted by atomic mass is 35.5. The third-order valence-corrected chi connectivity index (χ3v) is 3.13. The molecule has 1 aromatic rings. The van der Waals surface area contributed by atoms with Gasteiger partial charge < -0.3 is 10.3 Å². The number of sulfonamides is 1. The number of aromatic nitrogens is 2. The van der Waals surface area contributed by atoms with E-state index in [0.29, 0.717) is 5.82 Å². The van der Waals surface area contributed by atoms with Crippen LogP contribution in [0.15, 0.2) is 11.2 Å². The minimum atomic E-state index is -3.49. The van der Waals surface area contributed by atoms with Crippen molar-refractivity contribution in [3.05, 3.63) is 12.0 Å². The molecule has 0 bridgehead atoms. The van der Waals surface area contributed by atoms with Crippen molar-refractivity contribution in [3.63, 3.8) is 0 Å². The van der Waals surface area contributed by atoms with Gasteiger partial charge in [-0.3, -0.25) is 0 Å². The van der Waals surface area contributed by atoms with Crippen LogP contribution in [0.3, 0.4) is 0 Å². The number of nitrogens with one attached hydrogen (secondary N) is 1. The zero-order chi connectivity index (χ0) is 10.8. The molecule has 0 aliphatic carbocycles. The van der Waals surface area contributed by atoms with Crippen LogP contribution in [-0.4, -0.2) is 31.1 Å². The van der Waals surface area contributed by atoms with Gasteiger partial charge in [0.05, 0.1) is 0 Å². The summed E-state index contributed by atoms with van der Waals surface area (Å²) in [5.74, 6) is 0.651. The maximum Gasteiger partial charge on any atom is 0.259 e. The second kappa shape index (κ2) is 5.45. The molecule has 1 rings (SSSR count). The summed E-state index contributed by atoms with van der Waals surface area (Å²) in [6.07, 6.45) is 1.47. The van der Waals surface area contributed by atoms with E-state index in [-0.39, 0.29) is 30.5 Å². The lowest BCUT2D eigenvalue weighted by molar-refractivity contribution is 0.578. The molecule has 0 saturated carbocycles. The van der Waals surface area contributed by atoms with Crippen LogP contribution in [0.2, 0.25) is 0 Å². The number of hydrogen-bond donors (Lipinski definition) is 2. The first-order valence-electron chi connectivity index (χ1n) is 4.17. The molecule has 0 amide bonds. The molecule has 0 aliphatic rings. The van der Waals surface area contributed by atoms with E-state index in [1.807, 2.05) is 0 Å². The number of halogens is 1. The van der Waals surface area contributed by atoms with Crippen LogP contribution in [-0.2, 0) is 17.1 Å². The van der Waals surface area contributed by atoms with E-state index in [1.54, 1.807) is 18.5 Å². The fourth-order valence-corrected chi connectivity index (χ4v) is 2.01. The molecule has 0 spiro atoms. The second-order valence-corrected chi connectivity index (χ2v) is 4.64. The minimum Gasteiger partial charge on any atom is -0.337 e. The first kappa shape index (κ1) is 14.4. The number of imidazole rings is 1. The van der Waals surface area contributed by atoms with E-state index in [1.165, 1.54) is 6.20 Å². The van der Waals surface area contributed by atoms with Gasteiger partial charge in [0.15, 0.2) is 5.03 Å². The summed E-state index contributed by atoms with van der Waals surface area (Å²) in [6.45, 7) is 2.23. The SMILES string of the molecule is Cc1nc(S(=O)(=O)NCCN)cn1C.Cl. The third-order valence-electron chi connectivity index (χ3n) is 1.80. The molecular formula is C7H15ClN4O2S. The van der Waals surface area contributed by atoms with E-state index in [4.69, 9.17) is 5.73 Å². The van der Waals surface area contributed by atoms with Crippen LogP contribution in [0.25, 0.3) is 0 Å². The topological polar surface area (TPSA) is 90.0 Å². The Kier molecular flexibility index (Phi) is 5.22. The zero-order valence-electron chi connectivity index (χ0n) is 8.60. The minimum absolute atomic E-state index is 0. The molecule has 15 heavy (non-hydrogen) atoms. The fraction of sp³-hybridized carbons (Fsp3) is 0.571. The molecule has 0 radical (unpaired) electrons. The molecule has 1 aromatic heterocycles. The molecule has 0 fully saturated rings. The largest absolute Gasteiger partial charge is 0.337 e. The third kappa shape index (κ3) is 3.45. The molecule has 0 unspecified atom stereocenters. The standard InChI is InChI=1S/C7H14N4O2S.ClH/c1-6-10-7(5-11(6)2)14(12,13)9-4-3-8;/h5,9H,3-4,8H2,1-2H3;1H. The number of hydrogen-bond acceptors (Lipinski definition) is 4. The predicted molar refractivity (Wildman–Crippen MR) is 59.4 cm³/mol. The number of nitrogens with zero attached hydrogens (tertiary/aromatic N) is 2. The Labute approximate surface area is 95.3 Å². The monoisotopic (exact) mass is 254 g/mol. The van der Waals surface area contributed by atoms with Crippen molar-refractivity contribution >= 4 is 22.4 Å². The molecule has 0 saturated heterocycles. The van der Waals surface area contributed by atoms with Gasteiger partial charge in [0.2, 0.25) is 0 Å². The first-order chi connectivity index (χ1) is 6.47. The predicted octanol–water partition coefficient (Wildman–Crippen LogP) is -0.613. The van der Waals surface area contributed by atoms with Gasteiger partial charge in [-0.15, -0.1) is 12.4 Å². The Morgan fingerprint density at radius 2 is 2.20 bits per heavy atom. The van der Waals surface area contributed by atoms with Crippen LogP contribution in [0.1, 0.15) is 5.82 Å². The summed E-state index contributed by atoms with van der Waals surface area (Å²) in [5, 5.41) is 0.0333. The lowest BCUT2D eigenvalue weighted by Gasteiger charge is -2.00. The maximum absolute atomic E-state index is 11.5. The molecule has 8 heteroatoms. The fourth-order valence-electron chi connectivity index (χ4n) is 0.923. The van der Waals surface area contributed by atoms with E-state index < -0.39 is 10.0 Å². The van der Waals surface area contributed by atoms with Crippen LogP contribution in [0.4, 0.5) is 0 Å². The van der Waals surface area contributed by atoms with Gasteiger partial charge in [-0.1, -0.05) is 0 Å². The second-order valence-electron chi connectivity index (χ2n) is 2.92. The lowest BCUT2D eigenvalue weighted by Crippen LogP contribution is -2.29. The molecule has 0 atom stereocenters.